The average Bonchev–Trinajstić information content (AvgIpc) is 2.80. The Labute approximate surface area is 113 Å². The van der Waals surface area contributed by atoms with Crippen molar-refractivity contribution in [1.29, 1.82) is 0 Å². The molecule has 0 unspecified atom stereocenters. The maximum Gasteiger partial charge on any atom is 0.245 e. The molecule has 4 nitrogen and oxygen atoms in total. The third-order valence-electron chi connectivity index (χ3n) is 3.47. The summed E-state index contributed by atoms with van der Waals surface area (Å²) in [7, 11) is -1.90. The lowest BCUT2D eigenvalue weighted by atomic mass is 10.3. The fourth-order valence-electron chi connectivity index (χ4n) is 2.37. The molecule has 0 bridgehead atoms. The van der Waals surface area contributed by atoms with Crippen molar-refractivity contribution in [2.24, 2.45) is 0 Å². The number of nitrogens with two attached hydrogens (primary N) is 1. The second-order valence-corrected chi connectivity index (χ2v) is 7.04. The van der Waals surface area contributed by atoms with Crippen molar-refractivity contribution >= 4 is 27.3 Å². The van der Waals surface area contributed by atoms with Crippen molar-refractivity contribution in [3.63, 3.8) is 0 Å². The Balaban J connectivity index is 2.35. The highest BCUT2D eigenvalue weighted by atomic mass is 35.5. The standard InChI is InChI=1S/C12H17ClN2O2S/c1-15(10-4-2-3-5-10)18(16,17)12-7-6-9(13)8-11(12)14/h6-8,10H,2-5,14H2,1H3. The lowest BCUT2D eigenvalue weighted by molar-refractivity contribution is 0.373. The molecule has 0 aromatic heterocycles. The first kappa shape index (κ1) is 13.6. The van der Waals surface area contributed by atoms with E-state index in [0.29, 0.717) is 5.02 Å². The highest BCUT2D eigenvalue weighted by Crippen LogP contribution is 2.30. The summed E-state index contributed by atoms with van der Waals surface area (Å²) in [5, 5.41) is 0.440. The minimum absolute atomic E-state index is 0.0880. The van der Waals surface area contributed by atoms with Gasteiger partial charge in [-0.2, -0.15) is 4.31 Å². The number of nitrogen functional groups attached to an aromatic ring is 1. The maximum absolute atomic E-state index is 12.5. The van der Waals surface area contributed by atoms with Crippen LogP contribution in [0, 0.1) is 0 Å². The van der Waals surface area contributed by atoms with Crippen LogP contribution in [0.1, 0.15) is 25.7 Å². The minimum Gasteiger partial charge on any atom is -0.398 e. The van der Waals surface area contributed by atoms with Gasteiger partial charge in [-0.25, -0.2) is 8.42 Å². The van der Waals surface area contributed by atoms with Crippen LogP contribution < -0.4 is 5.73 Å². The predicted octanol–water partition coefficient (Wildman–Crippen LogP) is 2.49. The van der Waals surface area contributed by atoms with Crippen LogP contribution in [-0.2, 0) is 10.0 Å². The zero-order chi connectivity index (χ0) is 13.3. The van der Waals surface area contributed by atoms with Crippen molar-refractivity contribution in [3.8, 4) is 0 Å². The Hall–Kier alpha value is -0.780. The van der Waals surface area contributed by atoms with E-state index in [1.54, 1.807) is 13.1 Å². The van der Waals surface area contributed by atoms with Gasteiger partial charge in [-0.3, -0.25) is 0 Å². The van der Waals surface area contributed by atoms with Crippen LogP contribution in [0.15, 0.2) is 23.1 Å². The molecule has 2 rings (SSSR count). The molecule has 0 heterocycles. The highest BCUT2D eigenvalue weighted by Gasteiger charge is 2.31. The van der Waals surface area contributed by atoms with Crippen molar-refractivity contribution in [2.45, 2.75) is 36.6 Å². The third kappa shape index (κ3) is 2.48. The number of sulfonamides is 1. The molecule has 1 aliphatic carbocycles. The first-order chi connectivity index (χ1) is 8.43. The summed E-state index contributed by atoms with van der Waals surface area (Å²) < 4.78 is 26.4. The van der Waals surface area contributed by atoms with E-state index in [0.717, 1.165) is 25.7 Å². The number of nitrogens with zero attached hydrogens (tertiary/aromatic N) is 1. The molecular formula is C12H17ClN2O2S. The van der Waals surface area contributed by atoms with E-state index < -0.39 is 10.0 Å². The van der Waals surface area contributed by atoms with E-state index in [-0.39, 0.29) is 16.6 Å². The first-order valence-corrected chi connectivity index (χ1v) is 7.78. The molecule has 18 heavy (non-hydrogen) atoms. The van der Waals surface area contributed by atoms with Crippen LogP contribution in [0.5, 0.6) is 0 Å². The van der Waals surface area contributed by atoms with Crippen LogP contribution >= 0.6 is 11.6 Å². The molecule has 1 aromatic rings. The number of hydrogen-bond acceptors (Lipinski definition) is 3. The lowest BCUT2D eigenvalue weighted by Gasteiger charge is -2.24. The summed E-state index contributed by atoms with van der Waals surface area (Å²) in [6.45, 7) is 0. The molecule has 0 aliphatic heterocycles. The second-order valence-electron chi connectivity index (χ2n) is 4.64. The summed E-state index contributed by atoms with van der Waals surface area (Å²) in [5.41, 5.74) is 5.95. The number of anilines is 1. The van der Waals surface area contributed by atoms with Gasteiger partial charge in [0.05, 0.1) is 5.69 Å². The number of benzene rings is 1. The number of halogens is 1. The SMILES string of the molecule is CN(C1CCCC1)S(=O)(=O)c1ccc(Cl)cc1N. The molecule has 1 aromatic carbocycles. The summed E-state index contributed by atoms with van der Waals surface area (Å²) >= 11 is 5.79. The van der Waals surface area contributed by atoms with Gasteiger partial charge >= 0.3 is 0 Å². The summed E-state index contributed by atoms with van der Waals surface area (Å²) in [5.74, 6) is 0. The molecule has 2 N–H and O–H groups in total. The fourth-order valence-corrected chi connectivity index (χ4v) is 4.06. The highest BCUT2D eigenvalue weighted by molar-refractivity contribution is 7.89. The Morgan fingerprint density at radius 2 is 1.94 bits per heavy atom. The molecule has 1 saturated carbocycles. The summed E-state index contributed by atoms with van der Waals surface area (Å²) in [6.07, 6.45) is 4.01. The Bertz CT molecular complexity index is 539. The molecule has 0 atom stereocenters. The molecule has 0 spiro atoms. The van der Waals surface area contributed by atoms with Crippen molar-refractivity contribution in [2.75, 3.05) is 12.8 Å². The molecule has 100 valence electrons. The molecule has 6 heteroatoms. The van der Waals surface area contributed by atoms with Crippen LogP contribution in [0.2, 0.25) is 5.02 Å². The predicted molar refractivity (Wildman–Crippen MR) is 73.1 cm³/mol. The van der Waals surface area contributed by atoms with Crippen molar-refractivity contribution in [1.82, 2.24) is 4.31 Å². The largest absolute Gasteiger partial charge is 0.398 e. The molecule has 0 amide bonds. The molecule has 0 radical (unpaired) electrons. The Morgan fingerprint density at radius 3 is 2.50 bits per heavy atom. The van der Waals surface area contributed by atoms with Gasteiger partial charge in [0.25, 0.3) is 0 Å². The smallest absolute Gasteiger partial charge is 0.245 e. The first-order valence-electron chi connectivity index (χ1n) is 5.96. The van der Waals surface area contributed by atoms with Crippen molar-refractivity contribution < 1.29 is 8.42 Å². The number of rotatable bonds is 3. The molecule has 1 fully saturated rings. The molecule has 0 saturated heterocycles. The molecule has 1 aliphatic rings. The molecular weight excluding hydrogens is 272 g/mol. The number of hydrogen-bond donors (Lipinski definition) is 1. The van der Waals surface area contributed by atoms with E-state index in [1.807, 2.05) is 0 Å². The van der Waals surface area contributed by atoms with Gasteiger partial charge in [-0.05, 0) is 31.0 Å². The van der Waals surface area contributed by atoms with Gasteiger partial charge in [-0.1, -0.05) is 24.4 Å². The van der Waals surface area contributed by atoms with Crippen LogP contribution in [-0.4, -0.2) is 25.8 Å². The Morgan fingerprint density at radius 1 is 1.33 bits per heavy atom. The van der Waals surface area contributed by atoms with E-state index in [2.05, 4.69) is 0 Å². The van der Waals surface area contributed by atoms with E-state index >= 15 is 0 Å². The normalized spacial score (nSPS) is 17.5. The minimum atomic E-state index is -3.52. The third-order valence-corrected chi connectivity index (χ3v) is 5.69. The van der Waals surface area contributed by atoms with E-state index in [4.69, 9.17) is 17.3 Å². The zero-order valence-corrected chi connectivity index (χ0v) is 11.8. The fraction of sp³-hybridized carbons (Fsp3) is 0.500. The van der Waals surface area contributed by atoms with Gasteiger partial charge < -0.3 is 5.73 Å². The monoisotopic (exact) mass is 288 g/mol. The zero-order valence-electron chi connectivity index (χ0n) is 10.3. The topological polar surface area (TPSA) is 63.4 Å². The van der Waals surface area contributed by atoms with Crippen LogP contribution in [0.25, 0.3) is 0 Å². The van der Waals surface area contributed by atoms with E-state index in [1.165, 1.54) is 16.4 Å². The van der Waals surface area contributed by atoms with Gasteiger partial charge in [-0.15, -0.1) is 0 Å². The second kappa shape index (κ2) is 5.07. The van der Waals surface area contributed by atoms with E-state index in [9.17, 15) is 8.42 Å². The summed E-state index contributed by atoms with van der Waals surface area (Å²) in [6, 6.07) is 4.58. The Kier molecular flexibility index (Phi) is 3.84. The van der Waals surface area contributed by atoms with Gasteiger partial charge in [0.2, 0.25) is 10.0 Å². The maximum atomic E-state index is 12.5. The van der Waals surface area contributed by atoms with Gasteiger partial charge in [0.1, 0.15) is 4.90 Å². The van der Waals surface area contributed by atoms with Crippen LogP contribution in [0.4, 0.5) is 5.69 Å². The van der Waals surface area contributed by atoms with Gasteiger partial charge in [0, 0.05) is 18.1 Å². The quantitative estimate of drug-likeness (QED) is 0.869. The lowest BCUT2D eigenvalue weighted by Crippen LogP contribution is -2.35. The van der Waals surface area contributed by atoms with Gasteiger partial charge in [0.15, 0.2) is 0 Å². The average molecular weight is 289 g/mol. The van der Waals surface area contributed by atoms with Crippen molar-refractivity contribution in [3.05, 3.63) is 23.2 Å². The summed E-state index contributed by atoms with van der Waals surface area (Å²) in [4.78, 5) is 0.140. The van der Waals surface area contributed by atoms with Crippen LogP contribution in [0.3, 0.4) is 0 Å².